The number of aromatic nitrogens is 1. The molecule has 0 saturated carbocycles. The van der Waals surface area contributed by atoms with E-state index in [2.05, 4.69) is 32.2 Å². The molecule has 1 aromatic heterocycles. The molecule has 3 N–H and O–H groups in total. The standard InChI is InChI=1S/C10H12BrN3/c1-2-3-4-5-13-10-9(11)6-8(12)7-14-10/h1,6-7H,3-5,12H2,(H,13,14). The molecule has 74 valence electrons. The van der Waals surface area contributed by atoms with Gasteiger partial charge in [-0.05, 0) is 28.4 Å². The van der Waals surface area contributed by atoms with Crippen LogP contribution in [-0.2, 0) is 0 Å². The Bertz CT molecular complexity index is 344. The second-order valence-corrected chi connectivity index (χ2v) is 3.69. The molecular weight excluding hydrogens is 242 g/mol. The maximum absolute atomic E-state index is 5.56. The zero-order valence-electron chi connectivity index (χ0n) is 7.76. The molecule has 14 heavy (non-hydrogen) atoms. The van der Waals surface area contributed by atoms with Gasteiger partial charge in [0.25, 0.3) is 0 Å². The molecule has 0 aromatic carbocycles. The maximum Gasteiger partial charge on any atom is 0.140 e. The lowest BCUT2D eigenvalue weighted by atomic mass is 10.3. The van der Waals surface area contributed by atoms with Crippen molar-refractivity contribution in [1.82, 2.24) is 4.98 Å². The Morgan fingerprint density at radius 2 is 2.43 bits per heavy atom. The Kier molecular flexibility index (Phi) is 4.27. The molecule has 1 heterocycles. The second kappa shape index (κ2) is 5.51. The first-order valence-corrected chi connectivity index (χ1v) is 5.11. The van der Waals surface area contributed by atoms with Crippen LogP contribution < -0.4 is 11.1 Å². The monoisotopic (exact) mass is 253 g/mol. The molecule has 0 aliphatic carbocycles. The van der Waals surface area contributed by atoms with E-state index in [9.17, 15) is 0 Å². The van der Waals surface area contributed by atoms with Crippen LogP contribution in [0, 0.1) is 12.3 Å². The third kappa shape index (κ3) is 3.27. The van der Waals surface area contributed by atoms with Gasteiger partial charge < -0.3 is 11.1 Å². The molecule has 0 unspecified atom stereocenters. The molecular formula is C10H12BrN3. The largest absolute Gasteiger partial charge is 0.397 e. The van der Waals surface area contributed by atoms with Crippen molar-refractivity contribution >= 4 is 27.4 Å². The van der Waals surface area contributed by atoms with Gasteiger partial charge in [0.05, 0.1) is 16.4 Å². The number of unbranched alkanes of at least 4 members (excludes halogenated alkanes) is 1. The van der Waals surface area contributed by atoms with Crippen LogP contribution in [-0.4, -0.2) is 11.5 Å². The van der Waals surface area contributed by atoms with E-state index in [0.717, 1.165) is 29.7 Å². The molecule has 0 amide bonds. The van der Waals surface area contributed by atoms with Crippen molar-refractivity contribution in [3.63, 3.8) is 0 Å². The number of nitrogens with two attached hydrogens (primary N) is 1. The number of terminal acetylenes is 1. The van der Waals surface area contributed by atoms with Crippen LogP contribution in [0.4, 0.5) is 11.5 Å². The van der Waals surface area contributed by atoms with Crippen LogP contribution >= 0.6 is 15.9 Å². The molecule has 0 spiro atoms. The minimum atomic E-state index is 0.644. The Morgan fingerprint density at radius 3 is 3.07 bits per heavy atom. The van der Waals surface area contributed by atoms with Gasteiger partial charge in [-0.15, -0.1) is 12.3 Å². The summed E-state index contributed by atoms with van der Waals surface area (Å²) in [5.74, 6) is 3.39. The third-order valence-electron chi connectivity index (χ3n) is 1.65. The van der Waals surface area contributed by atoms with Crippen LogP contribution in [0.15, 0.2) is 16.7 Å². The van der Waals surface area contributed by atoms with Crippen LogP contribution in [0.25, 0.3) is 0 Å². The van der Waals surface area contributed by atoms with Crippen molar-refractivity contribution in [3.05, 3.63) is 16.7 Å². The van der Waals surface area contributed by atoms with Crippen LogP contribution in [0.3, 0.4) is 0 Å². The number of nitrogen functional groups attached to an aromatic ring is 1. The summed E-state index contributed by atoms with van der Waals surface area (Å²) in [5.41, 5.74) is 6.20. The summed E-state index contributed by atoms with van der Waals surface area (Å²) in [6.07, 6.45) is 8.47. The minimum absolute atomic E-state index is 0.644. The fraction of sp³-hybridized carbons (Fsp3) is 0.300. The van der Waals surface area contributed by atoms with Gasteiger partial charge in [-0.25, -0.2) is 4.98 Å². The van der Waals surface area contributed by atoms with Crippen LogP contribution in [0.2, 0.25) is 0 Å². The smallest absolute Gasteiger partial charge is 0.140 e. The summed E-state index contributed by atoms with van der Waals surface area (Å²) >= 11 is 3.37. The highest BCUT2D eigenvalue weighted by molar-refractivity contribution is 9.10. The molecule has 1 rings (SSSR count). The number of hydrogen-bond acceptors (Lipinski definition) is 3. The SMILES string of the molecule is C#CCCCNc1ncc(N)cc1Br. The van der Waals surface area contributed by atoms with Crippen LogP contribution in [0.5, 0.6) is 0 Å². The van der Waals surface area contributed by atoms with Gasteiger partial charge in [-0.2, -0.15) is 0 Å². The van der Waals surface area contributed by atoms with E-state index in [1.807, 2.05) is 6.07 Å². The summed E-state index contributed by atoms with van der Waals surface area (Å²) < 4.78 is 0.873. The van der Waals surface area contributed by atoms with E-state index < -0.39 is 0 Å². The van der Waals surface area contributed by atoms with Gasteiger partial charge >= 0.3 is 0 Å². The van der Waals surface area contributed by atoms with E-state index in [-0.39, 0.29) is 0 Å². The van der Waals surface area contributed by atoms with Crippen molar-refractivity contribution in [1.29, 1.82) is 0 Å². The van der Waals surface area contributed by atoms with Gasteiger partial charge in [0.2, 0.25) is 0 Å². The Morgan fingerprint density at radius 1 is 1.64 bits per heavy atom. The van der Waals surface area contributed by atoms with E-state index in [0.29, 0.717) is 5.69 Å². The quantitative estimate of drug-likeness (QED) is 0.640. The molecule has 1 aromatic rings. The molecule has 0 aliphatic rings. The highest BCUT2D eigenvalue weighted by Crippen LogP contribution is 2.21. The Labute approximate surface area is 92.2 Å². The first-order valence-electron chi connectivity index (χ1n) is 4.32. The van der Waals surface area contributed by atoms with Gasteiger partial charge in [0.1, 0.15) is 5.82 Å². The Balaban J connectivity index is 2.47. The average Bonchev–Trinajstić information content (AvgIpc) is 2.15. The fourth-order valence-electron chi connectivity index (χ4n) is 0.980. The Hall–Kier alpha value is -1.21. The normalized spacial score (nSPS) is 9.43. The number of rotatable bonds is 4. The lowest BCUT2D eigenvalue weighted by molar-refractivity contribution is 0.900. The molecule has 0 fully saturated rings. The zero-order valence-corrected chi connectivity index (χ0v) is 9.34. The maximum atomic E-state index is 5.56. The molecule has 0 atom stereocenters. The lowest BCUT2D eigenvalue weighted by Gasteiger charge is -2.06. The van der Waals surface area contributed by atoms with Crippen molar-refractivity contribution in [2.45, 2.75) is 12.8 Å². The molecule has 0 bridgehead atoms. The van der Waals surface area contributed by atoms with Crippen molar-refractivity contribution in [2.75, 3.05) is 17.6 Å². The van der Waals surface area contributed by atoms with Gasteiger partial charge in [-0.3, -0.25) is 0 Å². The van der Waals surface area contributed by atoms with Crippen molar-refractivity contribution in [3.8, 4) is 12.3 Å². The van der Waals surface area contributed by atoms with E-state index in [1.165, 1.54) is 0 Å². The first kappa shape index (κ1) is 10.9. The molecule has 4 heteroatoms. The topological polar surface area (TPSA) is 50.9 Å². The third-order valence-corrected chi connectivity index (χ3v) is 2.26. The predicted octanol–water partition coefficient (Wildman–Crippen LogP) is 2.25. The predicted molar refractivity (Wildman–Crippen MR) is 62.9 cm³/mol. The zero-order chi connectivity index (χ0) is 10.4. The summed E-state index contributed by atoms with van der Waals surface area (Å²) in [6, 6.07) is 1.82. The van der Waals surface area contributed by atoms with Crippen molar-refractivity contribution in [2.24, 2.45) is 0 Å². The van der Waals surface area contributed by atoms with E-state index in [4.69, 9.17) is 12.2 Å². The summed E-state index contributed by atoms with van der Waals surface area (Å²) in [5, 5.41) is 3.17. The number of halogens is 1. The summed E-state index contributed by atoms with van der Waals surface area (Å²) in [4.78, 5) is 4.14. The number of hydrogen-bond donors (Lipinski definition) is 2. The van der Waals surface area contributed by atoms with Crippen LogP contribution in [0.1, 0.15) is 12.8 Å². The summed E-state index contributed by atoms with van der Waals surface area (Å²) in [7, 11) is 0. The van der Waals surface area contributed by atoms with Gasteiger partial charge in [0, 0.05) is 13.0 Å². The van der Waals surface area contributed by atoms with Gasteiger partial charge in [0.15, 0.2) is 0 Å². The highest BCUT2D eigenvalue weighted by atomic mass is 79.9. The van der Waals surface area contributed by atoms with E-state index >= 15 is 0 Å². The number of nitrogens with zero attached hydrogens (tertiary/aromatic N) is 1. The first-order chi connectivity index (χ1) is 6.74. The summed E-state index contributed by atoms with van der Waals surface area (Å²) in [6.45, 7) is 0.819. The number of nitrogens with one attached hydrogen (secondary N) is 1. The minimum Gasteiger partial charge on any atom is -0.397 e. The lowest BCUT2D eigenvalue weighted by Crippen LogP contribution is -2.04. The van der Waals surface area contributed by atoms with Crippen molar-refractivity contribution < 1.29 is 0 Å². The fourth-order valence-corrected chi connectivity index (χ4v) is 1.49. The molecule has 0 saturated heterocycles. The second-order valence-electron chi connectivity index (χ2n) is 2.83. The number of anilines is 2. The van der Waals surface area contributed by atoms with E-state index in [1.54, 1.807) is 6.20 Å². The highest BCUT2D eigenvalue weighted by Gasteiger charge is 1.99. The molecule has 3 nitrogen and oxygen atoms in total. The molecule has 0 radical (unpaired) electrons. The molecule has 0 aliphatic heterocycles. The average molecular weight is 254 g/mol. The van der Waals surface area contributed by atoms with Gasteiger partial charge in [-0.1, -0.05) is 0 Å². The number of pyridine rings is 1.